The van der Waals surface area contributed by atoms with Gasteiger partial charge in [-0.1, -0.05) is 24.3 Å². The molecular formula is C15H16O6. The van der Waals surface area contributed by atoms with E-state index in [1.54, 1.807) is 12.1 Å². The number of benzene rings is 2. The van der Waals surface area contributed by atoms with E-state index in [-0.39, 0.29) is 18.1 Å². The topological polar surface area (TPSA) is 99.4 Å². The van der Waals surface area contributed by atoms with Crippen molar-refractivity contribution in [2.45, 2.75) is 24.6 Å². The van der Waals surface area contributed by atoms with Crippen LogP contribution in [0.2, 0.25) is 0 Å². The standard InChI is InChI=1S/C15H16O6/c16-10-5-8-3-1-2-4-9(8)6-12(10)21-15-14(19)13(18)11(17)7-20-15/h1-6,11,13-19H,7H2/t11-,13+,14-,15+/m1/s1. The molecule has 1 heterocycles. The van der Waals surface area contributed by atoms with E-state index >= 15 is 0 Å². The van der Waals surface area contributed by atoms with Crippen molar-refractivity contribution in [2.24, 2.45) is 0 Å². The molecule has 1 saturated heterocycles. The van der Waals surface area contributed by atoms with Gasteiger partial charge < -0.3 is 29.9 Å². The van der Waals surface area contributed by atoms with Gasteiger partial charge in [0.1, 0.15) is 18.3 Å². The normalized spacial score (nSPS) is 29.5. The minimum Gasteiger partial charge on any atom is -0.504 e. The van der Waals surface area contributed by atoms with Gasteiger partial charge in [0.2, 0.25) is 6.29 Å². The van der Waals surface area contributed by atoms with Gasteiger partial charge in [0, 0.05) is 0 Å². The van der Waals surface area contributed by atoms with Crippen molar-refractivity contribution in [3.05, 3.63) is 36.4 Å². The lowest BCUT2D eigenvalue weighted by atomic mass is 10.1. The van der Waals surface area contributed by atoms with Crippen LogP contribution in [0.5, 0.6) is 11.5 Å². The molecular weight excluding hydrogens is 276 g/mol. The maximum Gasteiger partial charge on any atom is 0.229 e. The number of phenolic OH excluding ortho intramolecular Hbond substituents is 1. The van der Waals surface area contributed by atoms with Crippen molar-refractivity contribution in [1.29, 1.82) is 0 Å². The molecule has 0 saturated carbocycles. The number of fused-ring (bicyclic) bond motifs is 1. The maximum absolute atomic E-state index is 9.97. The lowest BCUT2D eigenvalue weighted by molar-refractivity contribution is -0.242. The van der Waals surface area contributed by atoms with Crippen molar-refractivity contribution in [3.63, 3.8) is 0 Å². The first-order valence-electron chi connectivity index (χ1n) is 6.60. The van der Waals surface area contributed by atoms with Crippen molar-refractivity contribution in [2.75, 3.05) is 6.61 Å². The Morgan fingerprint density at radius 3 is 2.38 bits per heavy atom. The number of hydrogen-bond acceptors (Lipinski definition) is 6. The van der Waals surface area contributed by atoms with Gasteiger partial charge in [-0.25, -0.2) is 0 Å². The number of rotatable bonds is 2. The van der Waals surface area contributed by atoms with E-state index in [2.05, 4.69) is 0 Å². The fourth-order valence-corrected chi connectivity index (χ4v) is 2.31. The summed E-state index contributed by atoms with van der Waals surface area (Å²) in [4.78, 5) is 0. The Kier molecular flexibility index (Phi) is 3.69. The van der Waals surface area contributed by atoms with Gasteiger partial charge in [-0.15, -0.1) is 0 Å². The van der Waals surface area contributed by atoms with Crippen molar-refractivity contribution < 1.29 is 29.9 Å². The van der Waals surface area contributed by atoms with E-state index in [0.29, 0.717) is 0 Å². The largest absolute Gasteiger partial charge is 0.504 e. The molecule has 3 rings (SSSR count). The minimum atomic E-state index is -1.40. The van der Waals surface area contributed by atoms with Crippen LogP contribution < -0.4 is 4.74 Å². The molecule has 21 heavy (non-hydrogen) atoms. The SMILES string of the molecule is Oc1cc2ccccc2cc1O[C@@H]1OC[C@@H](O)[C@H](O)[C@H]1O. The first-order valence-corrected chi connectivity index (χ1v) is 6.60. The number of aliphatic hydroxyl groups is 3. The molecule has 1 fully saturated rings. The first kappa shape index (κ1) is 14.1. The summed E-state index contributed by atoms with van der Waals surface area (Å²) in [5, 5.41) is 40.5. The van der Waals surface area contributed by atoms with E-state index < -0.39 is 24.6 Å². The molecule has 6 nitrogen and oxygen atoms in total. The van der Waals surface area contributed by atoms with Crippen LogP contribution in [0.15, 0.2) is 36.4 Å². The number of ether oxygens (including phenoxy) is 2. The molecule has 2 aromatic rings. The number of hydrogen-bond donors (Lipinski definition) is 4. The summed E-state index contributed by atoms with van der Waals surface area (Å²) >= 11 is 0. The summed E-state index contributed by atoms with van der Waals surface area (Å²) in [6, 6.07) is 10.6. The molecule has 2 aromatic carbocycles. The van der Waals surface area contributed by atoms with Crippen LogP contribution in [0, 0.1) is 0 Å². The van der Waals surface area contributed by atoms with Gasteiger partial charge in [-0.2, -0.15) is 0 Å². The Labute approximate surface area is 120 Å². The molecule has 6 heteroatoms. The van der Waals surface area contributed by atoms with Crippen LogP contribution in [-0.4, -0.2) is 51.6 Å². The van der Waals surface area contributed by atoms with Gasteiger partial charge in [0.15, 0.2) is 11.5 Å². The van der Waals surface area contributed by atoms with Gasteiger partial charge in [0.25, 0.3) is 0 Å². The average Bonchev–Trinajstić information content (AvgIpc) is 2.48. The second-order valence-corrected chi connectivity index (χ2v) is 5.04. The zero-order valence-electron chi connectivity index (χ0n) is 11.1. The highest BCUT2D eigenvalue weighted by atomic mass is 16.7. The molecule has 4 N–H and O–H groups in total. The average molecular weight is 292 g/mol. The third-order valence-electron chi connectivity index (χ3n) is 3.52. The quantitative estimate of drug-likeness (QED) is 0.638. The van der Waals surface area contributed by atoms with Crippen LogP contribution in [0.25, 0.3) is 10.8 Å². The third-order valence-corrected chi connectivity index (χ3v) is 3.52. The van der Waals surface area contributed by atoms with E-state index in [9.17, 15) is 20.4 Å². The smallest absolute Gasteiger partial charge is 0.229 e. The van der Waals surface area contributed by atoms with Gasteiger partial charge in [-0.3, -0.25) is 0 Å². The van der Waals surface area contributed by atoms with Gasteiger partial charge in [0.05, 0.1) is 6.61 Å². The molecule has 0 spiro atoms. The van der Waals surface area contributed by atoms with E-state index in [1.165, 1.54) is 0 Å². The highest BCUT2D eigenvalue weighted by molar-refractivity contribution is 5.85. The Balaban J connectivity index is 1.86. The Hall–Kier alpha value is -1.86. The molecule has 0 aliphatic carbocycles. The Morgan fingerprint density at radius 2 is 1.67 bits per heavy atom. The Bertz CT molecular complexity index is 643. The van der Waals surface area contributed by atoms with Gasteiger partial charge >= 0.3 is 0 Å². The van der Waals surface area contributed by atoms with Crippen LogP contribution >= 0.6 is 0 Å². The molecule has 0 unspecified atom stereocenters. The summed E-state index contributed by atoms with van der Waals surface area (Å²) in [5.41, 5.74) is 0. The third kappa shape index (κ3) is 2.66. The van der Waals surface area contributed by atoms with Crippen LogP contribution in [0.3, 0.4) is 0 Å². The van der Waals surface area contributed by atoms with E-state index in [4.69, 9.17) is 9.47 Å². The second-order valence-electron chi connectivity index (χ2n) is 5.04. The molecule has 0 radical (unpaired) electrons. The second kappa shape index (κ2) is 5.50. The molecule has 1 aliphatic rings. The summed E-state index contributed by atoms with van der Waals surface area (Å²) in [5.74, 6) is 0.0476. The summed E-state index contributed by atoms with van der Waals surface area (Å²) in [7, 11) is 0. The molecule has 0 amide bonds. The van der Waals surface area contributed by atoms with Crippen molar-refractivity contribution in [3.8, 4) is 11.5 Å². The fraction of sp³-hybridized carbons (Fsp3) is 0.333. The highest BCUT2D eigenvalue weighted by Crippen LogP contribution is 2.33. The molecule has 0 aromatic heterocycles. The number of phenols is 1. The van der Waals surface area contributed by atoms with Gasteiger partial charge in [-0.05, 0) is 22.9 Å². The van der Waals surface area contributed by atoms with Crippen LogP contribution in [0.1, 0.15) is 0 Å². The zero-order chi connectivity index (χ0) is 15.0. The lowest BCUT2D eigenvalue weighted by Crippen LogP contribution is -2.54. The monoisotopic (exact) mass is 292 g/mol. The van der Waals surface area contributed by atoms with E-state index in [0.717, 1.165) is 10.8 Å². The predicted molar refractivity (Wildman–Crippen MR) is 74.0 cm³/mol. The minimum absolute atomic E-state index is 0.0925. The first-order chi connectivity index (χ1) is 10.1. The number of aliphatic hydroxyl groups excluding tert-OH is 3. The Morgan fingerprint density at radius 1 is 1.00 bits per heavy atom. The van der Waals surface area contributed by atoms with E-state index in [1.807, 2.05) is 24.3 Å². The fourth-order valence-electron chi connectivity index (χ4n) is 2.31. The zero-order valence-corrected chi connectivity index (χ0v) is 11.1. The summed E-state index contributed by atoms with van der Waals surface area (Å²) < 4.78 is 10.6. The van der Waals surface area contributed by atoms with Crippen LogP contribution in [0.4, 0.5) is 0 Å². The van der Waals surface area contributed by atoms with Crippen molar-refractivity contribution >= 4 is 10.8 Å². The van der Waals surface area contributed by atoms with Crippen molar-refractivity contribution in [1.82, 2.24) is 0 Å². The van der Waals surface area contributed by atoms with Crippen LogP contribution in [-0.2, 0) is 4.74 Å². The molecule has 0 bridgehead atoms. The molecule has 4 atom stereocenters. The summed E-state index contributed by atoms with van der Waals surface area (Å²) in [6.07, 6.45) is -5.08. The summed E-state index contributed by atoms with van der Waals surface area (Å²) in [6.45, 7) is -0.156. The maximum atomic E-state index is 9.97. The predicted octanol–water partition coefficient (Wildman–Crippen LogP) is 0.363. The highest BCUT2D eigenvalue weighted by Gasteiger charge is 2.39. The molecule has 112 valence electrons. The number of aromatic hydroxyl groups is 1. The lowest BCUT2D eigenvalue weighted by Gasteiger charge is -2.35. The molecule has 1 aliphatic heterocycles.